The summed E-state index contributed by atoms with van der Waals surface area (Å²) >= 11 is 0. The Bertz CT molecular complexity index is 323. The van der Waals surface area contributed by atoms with Gasteiger partial charge in [0.05, 0.1) is 0 Å². The summed E-state index contributed by atoms with van der Waals surface area (Å²) in [7, 11) is 1.89. The molecule has 76 valence electrons. The number of ether oxygens (including phenoxy) is 1. The Balaban J connectivity index is 2.83. The molecule has 1 rings (SSSR count). The van der Waals surface area contributed by atoms with Crippen molar-refractivity contribution >= 4 is 5.97 Å². The molecule has 0 aliphatic carbocycles. The Hall–Kier alpha value is -1.35. The average molecular weight is 193 g/mol. The van der Waals surface area contributed by atoms with Crippen LogP contribution in [0.2, 0.25) is 0 Å². The molecule has 0 aromatic heterocycles. The van der Waals surface area contributed by atoms with Crippen molar-refractivity contribution in [1.29, 1.82) is 0 Å². The van der Waals surface area contributed by atoms with Crippen LogP contribution in [0.3, 0.4) is 0 Å². The van der Waals surface area contributed by atoms with E-state index in [1.165, 1.54) is 6.92 Å². The third-order valence-electron chi connectivity index (χ3n) is 2.05. The third-order valence-corrected chi connectivity index (χ3v) is 2.05. The molecular weight excluding hydrogens is 178 g/mol. The zero-order valence-electron chi connectivity index (χ0n) is 8.70. The van der Waals surface area contributed by atoms with E-state index in [-0.39, 0.29) is 12.0 Å². The molecule has 3 heteroatoms. The number of hydrogen-bond acceptors (Lipinski definition) is 3. The fourth-order valence-electron chi connectivity index (χ4n) is 1.18. The van der Waals surface area contributed by atoms with E-state index < -0.39 is 0 Å². The minimum atomic E-state index is -0.292. The maximum atomic E-state index is 10.7. The minimum Gasteiger partial charge on any atom is -0.427 e. The molecule has 14 heavy (non-hydrogen) atoms. The van der Waals surface area contributed by atoms with Crippen LogP contribution in [-0.2, 0) is 4.79 Å². The monoisotopic (exact) mass is 193 g/mol. The number of carbonyl (C=O) groups excluding carboxylic acids is 1. The number of esters is 1. The van der Waals surface area contributed by atoms with E-state index in [1.54, 1.807) is 6.07 Å². The molecule has 0 fully saturated rings. The first-order chi connectivity index (χ1) is 6.63. The van der Waals surface area contributed by atoms with Gasteiger partial charge < -0.3 is 10.1 Å². The molecule has 0 amide bonds. The minimum absolute atomic E-state index is 0.255. The Labute approximate surface area is 84.1 Å². The summed E-state index contributed by atoms with van der Waals surface area (Å²) in [6.07, 6.45) is 0. The van der Waals surface area contributed by atoms with Gasteiger partial charge in [0.15, 0.2) is 0 Å². The van der Waals surface area contributed by atoms with Crippen molar-refractivity contribution in [3.05, 3.63) is 29.8 Å². The van der Waals surface area contributed by atoms with Gasteiger partial charge in [0.25, 0.3) is 0 Å². The van der Waals surface area contributed by atoms with Crippen molar-refractivity contribution in [2.24, 2.45) is 0 Å². The summed E-state index contributed by atoms with van der Waals surface area (Å²) in [5.41, 5.74) is 1.10. The van der Waals surface area contributed by atoms with Crippen LogP contribution in [0.25, 0.3) is 0 Å². The first-order valence-electron chi connectivity index (χ1n) is 4.59. The standard InChI is InChI=1S/C11H15NO2/c1-8(12-3)10-5-4-6-11(7-10)14-9(2)13/h4-8,12H,1-3H3. The van der Waals surface area contributed by atoms with E-state index in [4.69, 9.17) is 4.74 Å². The van der Waals surface area contributed by atoms with Crippen molar-refractivity contribution in [1.82, 2.24) is 5.32 Å². The number of rotatable bonds is 3. The number of nitrogens with one attached hydrogen (secondary N) is 1. The molecule has 0 saturated carbocycles. The lowest BCUT2D eigenvalue weighted by Crippen LogP contribution is -2.12. The van der Waals surface area contributed by atoms with Gasteiger partial charge in [-0.05, 0) is 31.7 Å². The summed E-state index contributed by atoms with van der Waals surface area (Å²) < 4.78 is 4.98. The molecule has 0 heterocycles. The zero-order valence-corrected chi connectivity index (χ0v) is 8.70. The molecule has 1 unspecified atom stereocenters. The summed E-state index contributed by atoms with van der Waals surface area (Å²) in [5, 5.41) is 3.12. The van der Waals surface area contributed by atoms with Crippen molar-refractivity contribution in [3.63, 3.8) is 0 Å². The lowest BCUT2D eigenvalue weighted by Gasteiger charge is -2.11. The first kappa shape index (κ1) is 10.7. The maximum Gasteiger partial charge on any atom is 0.308 e. The van der Waals surface area contributed by atoms with Crippen LogP contribution < -0.4 is 10.1 Å². The normalized spacial score (nSPS) is 12.2. The topological polar surface area (TPSA) is 38.3 Å². The highest BCUT2D eigenvalue weighted by molar-refractivity contribution is 5.69. The highest BCUT2D eigenvalue weighted by Gasteiger charge is 2.04. The molecule has 1 atom stereocenters. The van der Waals surface area contributed by atoms with E-state index >= 15 is 0 Å². The van der Waals surface area contributed by atoms with E-state index in [1.807, 2.05) is 32.2 Å². The van der Waals surface area contributed by atoms with Crippen molar-refractivity contribution in [2.75, 3.05) is 7.05 Å². The summed E-state index contributed by atoms with van der Waals surface area (Å²) in [4.78, 5) is 10.7. The average Bonchev–Trinajstić information content (AvgIpc) is 2.16. The fourth-order valence-corrected chi connectivity index (χ4v) is 1.18. The predicted molar refractivity (Wildman–Crippen MR) is 55.2 cm³/mol. The molecular formula is C11H15NO2. The van der Waals surface area contributed by atoms with Gasteiger partial charge in [-0.2, -0.15) is 0 Å². The predicted octanol–water partition coefficient (Wildman–Crippen LogP) is 1.89. The molecule has 0 aliphatic rings. The van der Waals surface area contributed by atoms with Crippen LogP contribution in [0.5, 0.6) is 5.75 Å². The van der Waals surface area contributed by atoms with Crippen molar-refractivity contribution < 1.29 is 9.53 Å². The molecule has 1 aromatic carbocycles. The van der Waals surface area contributed by atoms with Crippen molar-refractivity contribution in [2.45, 2.75) is 19.9 Å². The van der Waals surface area contributed by atoms with E-state index in [2.05, 4.69) is 5.32 Å². The quantitative estimate of drug-likeness (QED) is 0.588. The van der Waals surface area contributed by atoms with Gasteiger partial charge in [-0.3, -0.25) is 4.79 Å². The smallest absolute Gasteiger partial charge is 0.308 e. The molecule has 0 spiro atoms. The van der Waals surface area contributed by atoms with Crippen molar-refractivity contribution in [3.8, 4) is 5.75 Å². The second-order valence-corrected chi connectivity index (χ2v) is 3.18. The van der Waals surface area contributed by atoms with Gasteiger partial charge in [0.1, 0.15) is 5.75 Å². The van der Waals surface area contributed by atoms with E-state index in [9.17, 15) is 4.79 Å². The van der Waals surface area contributed by atoms with Gasteiger partial charge in [-0.25, -0.2) is 0 Å². The van der Waals surface area contributed by atoms with Crippen LogP contribution in [0.1, 0.15) is 25.5 Å². The SMILES string of the molecule is CNC(C)c1cccc(OC(C)=O)c1. The largest absolute Gasteiger partial charge is 0.427 e. The van der Waals surface area contributed by atoms with Crippen LogP contribution >= 0.6 is 0 Å². The lowest BCUT2D eigenvalue weighted by atomic mass is 10.1. The van der Waals surface area contributed by atoms with Crippen LogP contribution in [-0.4, -0.2) is 13.0 Å². The molecule has 0 bridgehead atoms. The number of carbonyl (C=O) groups is 1. The molecule has 1 aromatic rings. The van der Waals surface area contributed by atoms with E-state index in [0.717, 1.165) is 5.56 Å². The van der Waals surface area contributed by atoms with Crippen LogP contribution in [0, 0.1) is 0 Å². The van der Waals surface area contributed by atoms with Gasteiger partial charge in [0.2, 0.25) is 0 Å². The summed E-state index contributed by atoms with van der Waals surface area (Å²) in [6.45, 7) is 3.45. The highest BCUT2D eigenvalue weighted by Crippen LogP contribution is 2.18. The van der Waals surface area contributed by atoms with Crippen LogP contribution in [0.4, 0.5) is 0 Å². The summed E-state index contributed by atoms with van der Waals surface area (Å²) in [6, 6.07) is 7.76. The third kappa shape index (κ3) is 2.85. The van der Waals surface area contributed by atoms with Gasteiger partial charge in [0, 0.05) is 13.0 Å². The van der Waals surface area contributed by atoms with Crippen LogP contribution in [0.15, 0.2) is 24.3 Å². The van der Waals surface area contributed by atoms with E-state index in [0.29, 0.717) is 5.75 Å². The zero-order chi connectivity index (χ0) is 10.6. The Morgan fingerprint density at radius 2 is 2.21 bits per heavy atom. The van der Waals surface area contributed by atoms with Gasteiger partial charge >= 0.3 is 5.97 Å². The Morgan fingerprint density at radius 3 is 2.79 bits per heavy atom. The highest BCUT2D eigenvalue weighted by atomic mass is 16.5. The molecule has 3 nitrogen and oxygen atoms in total. The second-order valence-electron chi connectivity index (χ2n) is 3.18. The summed E-state index contributed by atoms with van der Waals surface area (Å²) in [5.74, 6) is 0.302. The first-order valence-corrected chi connectivity index (χ1v) is 4.59. The lowest BCUT2D eigenvalue weighted by molar-refractivity contribution is -0.131. The maximum absolute atomic E-state index is 10.7. The Kier molecular flexibility index (Phi) is 3.65. The van der Waals surface area contributed by atoms with Gasteiger partial charge in [-0.1, -0.05) is 12.1 Å². The fraction of sp³-hybridized carbons (Fsp3) is 0.364. The molecule has 1 N–H and O–H groups in total. The molecule has 0 saturated heterocycles. The Morgan fingerprint density at radius 1 is 1.50 bits per heavy atom. The molecule has 0 aliphatic heterocycles. The molecule has 0 radical (unpaired) electrons. The van der Waals surface area contributed by atoms with Gasteiger partial charge in [-0.15, -0.1) is 0 Å². The number of hydrogen-bond donors (Lipinski definition) is 1. The second kappa shape index (κ2) is 4.77. The number of benzene rings is 1.